The number of carbonyl (C=O) groups excluding carboxylic acids is 1. The van der Waals surface area contributed by atoms with Crippen molar-refractivity contribution >= 4 is 23.4 Å². The predicted octanol–water partition coefficient (Wildman–Crippen LogP) is 3.47. The molecule has 2 aliphatic heterocycles. The number of nitrogens with zero attached hydrogens (tertiary/aromatic N) is 4. The minimum Gasteiger partial charge on any atom is -0.495 e. The highest BCUT2D eigenvalue weighted by Gasteiger charge is 2.35. The van der Waals surface area contributed by atoms with Crippen LogP contribution < -0.4 is 15.4 Å². The second kappa shape index (κ2) is 8.75. The van der Waals surface area contributed by atoms with Crippen LogP contribution in [0.2, 0.25) is 0 Å². The number of hydrogen-bond acceptors (Lipinski definition) is 7. The lowest BCUT2D eigenvalue weighted by Gasteiger charge is -2.38. The molecule has 33 heavy (non-hydrogen) atoms. The van der Waals surface area contributed by atoms with Crippen molar-refractivity contribution < 1.29 is 27.1 Å². The van der Waals surface area contributed by atoms with E-state index in [0.717, 1.165) is 12.5 Å². The highest BCUT2D eigenvalue weighted by atomic mass is 19.4. The molecule has 1 amide bonds. The van der Waals surface area contributed by atoms with Crippen LogP contribution in [0.1, 0.15) is 22.3 Å². The van der Waals surface area contributed by atoms with E-state index in [-0.39, 0.29) is 29.0 Å². The summed E-state index contributed by atoms with van der Waals surface area (Å²) in [5.41, 5.74) is -1.12. The maximum atomic E-state index is 14.9. The van der Waals surface area contributed by atoms with Gasteiger partial charge in [0.05, 0.1) is 18.4 Å². The highest BCUT2D eigenvalue weighted by molar-refractivity contribution is 5.96. The van der Waals surface area contributed by atoms with E-state index in [4.69, 9.17) is 4.74 Å². The lowest BCUT2D eigenvalue weighted by atomic mass is 10.1. The number of anilines is 3. The molecule has 2 aliphatic rings. The Morgan fingerprint density at radius 1 is 1.27 bits per heavy atom. The third-order valence-electron chi connectivity index (χ3n) is 5.62. The SMILES string of the molecule is CNc1nc(Nc2cc(F)c(C(=O)N3CCN4C=CCC4C3)cc2OC)ncc1C(F)(F)F. The van der Waals surface area contributed by atoms with Crippen LogP contribution in [0.5, 0.6) is 5.75 Å². The van der Waals surface area contributed by atoms with Crippen LogP contribution in [-0.2, 0) is 6.18 Å². The normalized spacial score (nSPS) is 17.7. The summed E-state index contributed by atoms with van der Waals surface area (Å²) < 4.78 is 59.4. The molecule has 1 unspecified atom stereocenters. The Morgan fingerprint density at radius 3 is 2.76 bits per heavy atom. The van der Waals surface area contributed by atoms with Crippen molar-refractivity contribution in [2.24, 2.45) is 0 Å². The van der Waals surface area contributed by atoms with Gasteiger partial charge in [-0.15, -0.1) is 0 Å². The van der Waals surface area contributed by atoms with Gasteiger partial charge >= 0.3 is 6.18 Å². The maximum absolute atomic E-state index is 14.9. The molecule has 1 aromatic carbocycles. The lowest BCUT2D eigenvalue weighted by Crippen LogP contribution is -2.51. The van der Waals surface area contributed by atoms with E-state index in [2.05, 4.69) is 25.5 Å². The van der Waals surface area contributed by atoms with Gasteiger partial charge in [0, 0.05) is 45.0 Å². The second-order valence-electron chi connectivity index (χ2n) is 7.62. The van der Waals surface area contributed by atoms with Gasteiger partial charge < -0.3 is 25.2 Å². The number of aromatic nitrogens is 2. The maximum Gasteiger partial charge on any atom is 0.421 e. The molecule has 0 aliphatic carbocycles. The number of halogens is 4. The molecule has 1 saturated heterocycles. The first-order valence-corrected chi connectivity index (χ1v) is 10.2. The molecule has 2 aromatic rings. The van der Waals surface area contributed by atoms with Gasteiger partial charge in [-0.05, 0) is 18.7 Å². The summed E-state index contributed by atoms with van der Waals surface area (Å²) in [6, 6.07) is 2.49. The first-order chi connectivity index (χ1) is 15.7. The molecule has 1 aromatic heterocycles. The Kier molecular flexibility index (Phi) is 6.00. The number of carbonyl (C=O) groups is 1. The van der Waals surface area contributed by atoms with Crippen LogP contribution in [0.3, 0.4) is 0 Å². The van der Waals surface area contributed by atoms with Gasteiger partial charge in [0.1, 0.15) is 22.9 Å². The number of nitrogens with one attached hydrogen (secondary N) is 2. The summed E-state index contributed by atoms with van der Waals surface area (Å²) in [6.45, 7) is 1.62. The molecule has 0 spiro atoms. The molecular weight excluding hydrogens is 444 g/mol. The third kappa shape index (κ3) is 4.50. The van der Waals surface area contributed by atoms with Crippen LogP contribution in [0.15, 0.2) is 30.6 Å². The van der Waals surface area contributed by atoms with E-state index in [1.165, 1.54) is 20.2 Å². The molecule has 3 heterocycles. The summed E-state index contributed by atoms with van der Waals surface area (Å²) >= 11 is 0. The van der Waals surface area contributed by atoms with E-state index >= 15 is 0 Å². The van der Waals surface area contributed by atoms with Crippen molar-refractivity contribution in [3.63, 3.8) is 0 Å². The summed E-state index contributed by atoms with van der Waals surface area (Å²) in [4.78, 5) is 24.2. The standard InChI is InChI=1S/C21H22F4N6O2/c1-26-18-14(21(23,24)25)10-27-20(29-18)28-16-9-15(22)13(8-17(16)33-2)19(32)31-7-6-30-5-3-4-12(30)11-31/h3,5,8-10,12H,4,6-7,11H2,1-2H3,(H2,26,27,28,29). The largest absolute Gasteiger partial charge is 0.495 e. The zero-order chi connectivity index (χ0) is 23.8. The van der Waals surface area contributed by atoms with Crippen LogP contribution in [0.4, 0.5) is 35.0 Å². The average molecular weight is 466 g/mol. The van der Waals surface area contributed by atoms with Crippen LogP contribution in [0.25, 0.3) is 0 Å². The van der Waals surface area contributed by atoms with Gasteiger partial charge in [0.15, 0.2) is 0 Å². The Bertz CT molecular complexity index is 1090. The monoisotopic (exact) mass is 466 g/mol. The number of hydrogen-bond donors (Lipinski definition) is 2. The van der Waals surface area contributed by atoms with Crippen molar-refractivity contribution in [1.29, 1.82) is 0 Å². The molecule has 176 valence electrons. The zero-order valence-electron chi connectivity index (χ0n) is 17.9. The summed E-state index contributed by atoms with van der Waals surface area (Å²) in [5, 5.41) is 5.03. The minimum atomic E-state index is -4.64. The molecule has 0 radical (unpaired) electrons. The quantitative estimate of drug-likeness (QED) is 0.653. The number of benzene rings is 1. The van der Waals surface area contributed by atoms with Crippen LogP contribution in [-0.4, -0.2) is 65.5 Å². The predicted molar refractivity (Wildman–Crippen MR) is 113 cm³/mol. The van der Waals surface area contributed by atoms with Gasteiger partial charge in [0.25, 0.3) is 5.91 Å². The molecule has 4 rings (SSSR count). The molecule has 1 atom stereocenters. The molecular formula is C21H22F4N6O2. The number of fused-ring (bicyclic) bond motifs is 1. The van der Waals surface area contributed by atoms with Gasteiger partial charge in [-0.1, -0.05) is 6.08 Å². The van der Waals surface area contributed by atoms with Crippen molar-refractivity contribution in [2.45, 2.75) is 18.6 Å². The number of alkyl halides is 3. The van der Waals surface area contributed by atoms with Crippen LogP contribution >= 0.6 is 0 Å². The Labute approximate surface area is 187 Å². The fourth-order valence-electron chi connectivity index (χ4n) is 3.93. The first kappa shape index (κ1) is 22.6. The van der Waals surface area contributed by atoms with Crippen molar-refractivity contribution in [2.75, 3.05) is 44.4 Å². The van der Waals surface area contributed by atoms with Crippen molar-refractivity contribution in [1.82, 2.24) is 19.8 Å². The van der Waals surface area contributed by atoms with Gasteiger partial charge in [-0.3, -0.25) is 4.79 Å². The summed E-state index contributed by atoms with van der Waals surface area (Å²) in [5.74, 6) is -1.76. The van der Waals surface area contributed by atoms with Gasteiger partial charge in [0.2, 0.25) is 5.95 Å². The molecule has 2 N–H and O–H groups in total. The number of piperazine rings is 1. The van der Waals surface area contributed by atoms with Crippen molar-refractivity contribution in [3.8, 4) is 5.75 Å². The lowest BCUT2D eigenvalue weighted by molar-refractivity contribution is -0.137. The van der Waals surface area contributed by atoms with Gasteiger partial charge in [-0.2, -0.15) is 18.2 Å². The highest BCUT2D eigenvalue weighted by Crippen LogP contribution is 2.35. The second-order valence-corrected chi connectivity index (χ2v) is 7.62. The smallest absolute Gasteiger partial charge is 0.421 e. The van der Waals surface area contributed by atoms with E-state index in [1.54, 1.807) is 4.90 Å². The number of amides is 1. The van der Waals surface area contributed by atoms with E-state index in [9.17, 15) is 22.4 Å². The van der Waals surface area contributed by atoms with E-state index < -0.39 is 29.3 Å². The zero-order valence-corrected chi connectivity index (χ0v) is 17.9. The van der Waals surface area contributed by atoms with E-state index in [1.807, 2.05) is 12.3 Å². The molecule has 8 nitrogen and oxygen atoms in total. The fraction of sp³-hybridized carbons (Fsp3) is 0.381. The Morgan fingerprint density at radius 2 is 2.06 bits per heavy atom. The van der Waals surface area contributed by atoms with Crippen molar-refractivity contribution in [3.05, 3.63) is 47.5 Å². The number of ether oxygens (including phenoxy) is 1. The fourth-order valence-corrected chi connectivity index (χ4v) is 3.93. The summed E-state index contributed by atoms with van der Waals surface area (Å²) in [6.07, 6.45) is 0.882. The number of rotatable bonds is 5. The molecule has 1 fully saturated rings. The molecule has 0 saturated carbocycles. The third-order valence-corrected chi connectivity index (χ3v) is 5.62. The van der Waals surface area contributed by atoms with E-state index in [0.29, 0.717) is 25.8 Å². The first-order valence-electron chi connectivity index (χ1n) is 10.2. The van der Waals surface area contributed by atoms with Gasteiger partial charge in [-0.25, -0.2) is 9.37 Å². The topological polar surface area (TPSA) is 82.6 Å². The summed E-state index contributed by atoms with van der Waals surface area (Å²) in [7, 11) is 2.63. The van der Waals surface area contributed by atoms with Crippen LogP contribution in [0, 0.1) is 5.82 Å². The molecule has 0 bridgehead atoms. The Hall–Kier alpha value is -3.57. The average Bonchev–Trinajstić information content (AvgIpc) is 3.26. The molecule has 12 heteroatoms. The minimum absolute atomic E-state index is 0.0678. The number of methoxy groups -OCH3 is 1. The Balaban J connectivity index is 1.57.